The van der Waals surface area contributed by atoms with Gasteiger partial charge in [0.1, 0.15) is 0 Å². The summed E-state index contributed by atoms with van der Waals surface area (Å²) in [4.78, 5) is 17.0. The van der Waals surface area contributed by atoms with E-state index in [1.807, 2.05) is 35.2 Å². The van der Waals surface area contributed by atoms with Crippen LogP contribution in [0.25, 0.3) is 0 Å². The fraction of sp³-hybridized carbons (Fsp3) is 0.650. The summed E-state index contributed by atoms with van der Waals surface area (Å²) in [6.45, 7) is 11.9. The molecule has 1 atom stereocenters. The molecule has 5 nitrogen and oxygen atoms in total. The molecule has 0 aliphatic rings. The molecule has 1 unspecified atom stereocenters. The zero-order valence-corrected chi connectivity index (χ0v) is 16.4. The van der Waals surface area contributed by atoms with Gasteiger partial charge in [-0.3, -0.25) is 4.90 Å². The SMILES string of the molecule is CC(C)CCN(C(=O)N(CCC(O)CN)c1ccccc1)C(C)(C)C. The number of hydrogen-bond donors (Lipinski definition) is 2. The number of rotatable bonds is 8. The van der Waals surface area contributed by atoms with Crippen LogP contribution >= 0.6 is 0 Å². The maximum atomic E-state index is 13.3. The van der Waals surface area contributed by atoms with Crippen molar-refractivity contribution in [1.29, 1.82) is 0 Å². The van der Waals surface area contributed by atoms with Crippen LogP contribution in [0.5, 0.6) is 0 Å². The number of nitrogens with zero attached hydrogens (tertiary/aromatic N) is 2. The average molecular weight is 350 g/mol. The molecule has 0 aliphatic carbocycles. The molecule has 3 N–H and O–H groups in total. The van der Waals surface area contributed by atoms with Crippen LogP contribution in [0.2, 0.25) is 0 Å². The lowest BCUT2D eigenvalue weighted by Crippen LogP contribution is -2.53. The Labute approximate surface area is 152 Å². The third-order valence-corrected chi connectivity index (χ3v) is 4.23. The van der Waals surface area contributed by atoms with Crippen molar-refractivity contribution in [3.05, 3.63) is 30.3 Å². The highest BCUT2D eigenvalue weighted by molar-refractivity contribution is 5.92. The predicted molar refractivity (Wildman–Crippen MR) is 105 cm³/mol. The molecule has 0 saturated heterocycles. The Bertz CT molecular complexity index is 511. The van der Waals surface area contributed by atoms with E-state index in [0.29, 0.717) is 25.4 Å². The van der Waals surface area contributed by atoms with E-state index >= 15 is 0 Å². The summed E-state index contributed by atoms with van der Waals surface area (Å²) >= 11 is 0. The number of carbonyl (C=O) groups excluding carboxylic acids is 1. The van der Waals surface area contributed by atoms with Gasteiger partial charge in [-0.15, -0.1) is 0 Å². The number of anilines is 1. The number of benzene rings is 1. The smallest absolute Gasteiger partial charge is 0.324 e. The van der Waals surface area contributed by atoms with Crippen molar-refractivity contribution in [2.24, 2.45) is 11.7 Å². The van der Waals surface area contributed by atoms with Crippen LogP contribution < -0.4 is 10.6 Å². The molecule has 5 heteroatoms. The van der Waals surface area contributed by atoms with E-state index in [-0.39, 0.29) is 18.1 Å². The summed E-state index contributed by atoms with van der Waals surface area (Å²) in [5.41, 5.74) is 6.09. The molecule has 0 radical (unpaired) electrons. The summed E-state index contributed by atoms with van der Waals surface area (Å²) in [5.74, 6) is 0.530. The molecule has 0 saturated carbocycles. The first kappa shape index (κ1) is 21.5. The number of para-hydroxylation sites is 1. The third kappa shape index (κ3) is 7.04. The molecule has 0 bridgehead atoms. The lowest BCUT2D eigenvalue weighted by Gasteiger charge is -2.40. The van der Waals surface area contributed by atoms with Crippen molar-refractivity contribution in [3.63, 3.8) is 0 Å². The molecule has 0 fully saturated rings. The van der Waals surface area contributed by atoms with Gasteiger partial charge in [0.25, 0.3) is 0 Å². The molecule has 2 amide bonds. The molecule has 0 aromatic heterocycles. The Kier molecular flexibility index (Phi) is 8.39. The maximum absolute atomic E-state index is 13.3. The second-order valence-electron chi connectivity index (χ2n) is 7.95. The molecule has 1 rings (SSSR count). The molecular weight excluding hydrogens is 314 g/mol. The third-order valence-electron chi connectivity index (χ3n) is 4.23. The highest BCUT2D eigenvalue weighted by Crippen LogP contribution is 2.22. The Balaban J connectivity index is 3.05. The van der Waals surface area contributed by atoms with Crippen LogP contribution in [-0.2, 0) is 0 Å². The molecule has 142 valence electrons. The van der Waals surface area contributed by atoms with E-state index in [1.54, 1.807) is 4.90 Å². The van der Waals surface area contributed by atoms with E-state index in [4.69, 9.17) is 5.73 Å². The van der Waals surface area contributed by atoms with Crippen LogP contribution in [0.4, 0.5) is 10.5 Å². The lowest BCUT2D eigenvalue weighted by atomic mass is 10.0. The number of aliphatic hydroxyl groups is 1. The molecule has 1 aromatic rings. The van der Waals surface area contributed by atoms with Gasteiger partial charge in [-0.2, -0.15) is 0 Å². The van der Waals surface area contributed by atoms with Crippen LogP contribution in [0.3, 0.4) is 0 Å². The monoisotopic (exact) mass is 349 g/mol. The summed E-state index contributed by atoms with van der Waals surface area (Å²) in [7, 11) is 0. The fourth-order valence-electron chi connectivity index (χ4n) is 2.59. The van der Waals surface area contributed by atoms with Crippen LogP contribution in [0.1, 0.15) is 47.5 Å². The number of nitrogens with two attached hydrogens (primary N) is 1. The zero-order chi connectivity index (χ0) is 19.0. The number of urea groups is 1. The first-order valence-electron chi connectivity index (χ1n) is 9.19. The van der Waals surface area contributed by atoms with E-state index < -0.39 is 6.10 Å². The second-order valence-corrected chi connectivity index (χ2v) is 7.95. The molecule has 0 aliphatic heterocycles. The van der Waals surface area contributed by atoms with Gasteiger partial charge in [0.05, 0.1) is 6.10 Å². The zero-order valence-electron chi connectivity index (χ0n) is 16.4. The number of amides is 2. The van der Waals surface area contributed by atoms with Gasteiger partial charge in [-0.25, -0.2) is 4.79 Å². The van der Waals surface area contributed by atoms with E-state index in [9.17, 15) is 9.90 Å². The standard InChI is InChI=1S/C20H35N3O2/c1-16(2)11-14-23(20(3,4)5)19(25)22(13-12-18(24)15-21)17-9-7-6-8-10-17/h6-10,16,18,24H,11-15,21H2,1-5H3. The lowest BCUT2D eigenvalue weighted by molar-refractivity contribution is 0.143. The quantitative estimate of drug-likeness (QED) is 0.755. The summed E-state index contributed by atoms with van der Waals surface area (Å²) in [5, 5.41) is 9.83. The molecule has 0 heterocycles. The van der Waals surface area contributed by atoms with Crippen molar-refractivity contribution >= 4 is 11.7 Å². The Morgan fingerprint density at radius 1 is 1.12 bits per heavy atom. The van der Waals surface area contributed by atoms with Crippen molar-refractivity contribution in [1.82, 2.24) is 4.90 Å². The minimum atomic E-state index is -0.599. The number of hydrogen-bond acceptors (Lipinski definition) is 3. The minimum absolute atomic E-state index is 0.0245. The maximum Gasteiger partial charge on any atom is 0.324 e. The first-order chi connectivity index (χ1) is 11.7. The van der Waals surface area contributed by atoms with Crippen molar-refractivity contribution < 1.29 is 9.90 Å². The summed E-state index contributed by atoms with van der Waals surface area (Å²) in [6.07, 6.45) is 0.814. The summed E-state index contributed by atoms with van der Waals surface area (Å²) in [6, 6.07) is 9.60. The summed E-state index contributed by atoms with van der Waals surface area (Å²) < 4.78 is 0. The van der Waals surface area contributed by atoms with Crippen molar-refractivity contribution in [2.45, 2.75) is 59.1 Å². The van der Waals surface area contributed by atoms with Crippen LogP contribution in [0, 0.1) is 5.92 Å². The van der Waals surface area contributed by atoms with Gasteiger partial charge >= 0.3 is 6.03 Å². The van der Waals surface area contributed by atoms with Gasteiger partial charge in [-0.05, 0) is 51.7 Å². The minimum Gasteiger partial charge on any atom is -0.392 e. The first-order valence-corrected chi connectivity index (χ1v) is 9.19. The number of carbonyl (C=O) groups is 1. The highest BCUT2D eigenvalue weighted by Gasteiger charge is 2.30. The molecule has 1 aromatic carbocycles. The van der Waals surface area contributed by atoms with E-state index in [1.165, 1.54) is 0 Å². The predicted octanol–water partition coefficient (Wildman–Crippen LogP) is 3.47. The Morgan fingerprint density at radius 2 is 1.72 bits per heavy atom. The van der Waals surface area contributed by atoms with Gasteiger partial charge < -0.3 is 15.7 Å². The van der Waals surface area contributed by atoms with Gasteiger partial charge in [-0.1, -0.05) is 32.0 Å². The van der Waals surface area contributed by atoms with E-state index in [0.717, 1.165) is 12.1 Å². The van der Waals surface area contributed by atoms with E-state index in [2.05, 4.69) is 34.6 Å². The van der Waals surface area contributed by atoms with Gasteiger partial charge in [0.2, 0.25) is 0 Å². The Morgan fingerprint density at radius 3 is 2.20 bits per heavy atom. The molecular formula is C20H35N3O2. The van der Waals surface area contributed by atoms with Crippen molar-refractivity contribution in [3.8, 4) is 0 Å². The molecule has 25 heavy (non-hydrogen) atoms. The average Bonchev–Trinajstić information content (AvgIpc) is 2.54. The topological polar surface area (TPSA) is 69.8 Å². The highest BCUT2D eigenvalue weighted by atomic mass is 16.3. The fourth-order valence-corrected chi connectivity index (χ4v) is 2.59. The normalized spacial score (nSPS) is 13.0. The number of aliphatic hydroxyl groups excluding tert-OH is 1. The van der Waals surface area contributed by atoms with Crippen LogP contribution in [0.15, 0.2) is 30.3 Å². The van der Waals surface area contributed by atoms with Gasteiger partial charge in [0, 0.05) is 30.9 Å². The van der Waals surface area contributed by atoms with Gasteiger partial charge in [0.15, 0.2) is 0 Å². The molecule has 0 spiro atoms. The second kappa shape index (κ2) is 9.78. The largest absolute Gasteiger partial charge is 0.392 e. The Hall–Kier alpha value is -1.59. The van der Waals surface area contributed by atoms with Crippen molar-refractivity contribution in [2.75, 3.05) is 24.5 Å². The van der Waals surface area contributed by atoms with Crippen LogP contribution in [-0.4, -0.2) is 47.3 Å².